The molecule has 3 aromatic carbocycles. The number of hydrogen-bond acceptors (Lipinski definition) is 4. The Balaban J connectivity index is 1.35. The zero-order chi connectivity index (χ0) is 24.4. The van der Waals surface area contributed by atoms with Crippen molar-refractivity contribution in [2.24, 2.45) is 0 Å². The lowest BCUT2D eigenvalue weighted by molar-refractivity contribution is 0.102. The lowest BCUT2D eigenvalue weighted by atomic mass is 10.1. The SMILES string of the molecule is Cc1ccccc1C(=O)Nc1ccc(-c2cc(C3CC3)n(C(=O)NCc3ccccc3)n2)c(O)c1. The largest absolute Gasteiger partial charge is 0.507 e. The maximum atomic E-state index is 12.9. The average molecular weight is 467 g/mol. The van der Waals surface area contributed by atoms with Crippen molar-refractivity contribution in [1.82, 2.24) is 15.1 Å². The van der Waals surface area contributed by atoms with E-state index in [2.05, 4.69) is 15.7 Å². The molecule has 0 radical (unpaired) electrons. The van der Waals surface area contributed by atoms with E-state index in [0.29, 0.717) is 29.1 Å². The third-order valence-electron chi connectivity index (χ3n) is 6.13. The molecule has 0 unspecified atom stereocenters. The Morgan fingerprint density at radius 1 is 1.00 bits per heavy atom. The van der Waals surface area contributed by atoms with Crippen LogP contribution in [0.3, 0.4) is 0 Å². The van der Waals surface area contributed by atoms with Gasteiger partial charge in [-0.1, -0.05) is 48.5 Å². The summed E-state index contributed by atoms with van der Waals surface area (Å²) in [6.45, 7) is 2.28. The van der Waals surface area contributed by atoms with Gasteiger partial charge in [-0.25, -0.2) is 4.79 Å². The van der Waals surface area contributed by atoms with Crippen LogP contribution in [-0.4, -0.2) is 26.8 Å². The molecule has 0 spiro atoms. The molecule has 7 heteroatoms. The van der Waals surface area contributed by atoms with Gasteiger partial charge in [0.25, 0.3) is 5.91 Å². The van der Waals surface area contributed by atoms with Crippen molar-refractivity contribution >= 4 is 17.6 Å². The van der Waals surface area contributed by atoms with Crippen molar-refractivity contribution in [1.29, 1.82) is 0 Å². The topological polar surface area (TPSA) is 96.3 Å². The van der Waals surface area contributed by atoms with Gasteiger partial charge < -0.3 is 15.7 Å². The number of anilines is 1. The quantitative estimate of drug-likeness (QED) is 0.352. The normalized spacial score (nSPS) is 12.8. The van der Waals surface area contributed by atoms with Crippen LogP contribution in [0.15, 0.2) is 78.9 Å². The Morgan fingerprint density at radius 3 is 2.46 bits per heavy atom. The lowest BCUT2D eigenvalue weighted by Crippen LogP contribution is -2.30. The van der Waals surface area contributed by atoms with Crippen LogP contribution in [0.2, 0.25) is 0 Å². The molecule has 1 saturated carbocycles. The summed E-state index contributed by atoms with van der Waals surface area (Å²) < 4.78 is 1.41. The third-order valence-corrected chi connectivity index (χ3v) is 6.13. The number of carbonyl (C=O) groups is 2. The summed E-state index contributed by atoms with van der Waals surface area (Å²) in [5, 5.41) is 21.0. The van der Waals surface area contributed by atoms with E-state index in [9.17, 15) is 14.7 Å². The van der Waals surface area contributed by atoms with Crippen LogP contribution in [0.1, 0.15) is 45.9 Å². The van der Waals surface area contributed by atoms with Crippen molar-refractivity contribution in [2.75, 3.05) is 5.32 Å². The molecule has 1 aliphatic rings. The fraction of sp³-hybridized carbons (Fsp3) is 0.179. The summed E-state index contributed by atoms with van der Waals surface area (Å²) in [4.78, 5) is 25.5. The highest BCUT2D eigenvalue weighted by Gasteiger charge is 2.30. The molecule has 35 heavy (non-hydrogen) atoms. The van der Waals surface area contributed by atoms with Gasteiger partial charge in [0, 0.05) is 35.3 Å². The molecular weight excluding hydrogens is 440 g/mol. The summed E-state index contributed by atoms with van der Waals surface area (Å²) in [5.74, 6) is 0.0171. The molecule has 1 aliphatic carbocycles. The zero-order valence-corrected chi connectivity index (χ0v) is 19.4. The molecule has 1 fully saturated rings. The molecule has 0 bridgehead atoms. The Bertz CT molecular complexity index is 1390. The summed E-state index contributed by atoms with van der Waals surface area (Å²) >= 11 is 0. The van der Waals surface area contributed by atoms with E-state index in [1.54, 1.807) is 18.2 Å². The fourth-order valence-electron chi connectivity index (χ4n) is 4.06. The number of rotatable bonds is 6. The van der Waals surface area contributed by atoms with Crippen LogP contribution in [0, 0.1) is 6.92 Å². The number of benzene rings is 3. The molecule has 176 valence electrons. The number of carbonyl (C=O) groups excluding carboxylic acids is 2. The monoisotopic (exact) mass is 466 g/mol. The second-order valence-electron chi connectivity index (χ2n) is 8.79. The molecule has 2 amide bonds. The zero-order valence-electron chi connectivity index (χ0n) is 19.4. The molecule has 0 aliphatic heterocycles. The summed E-state index contributed by atoms with van der Waals surface area (Å²) in [5.41, 5.74) is 4.76. The smallest absolute Gasteiger partial charge is 0.342 e. The highest BCUT2D eigenvalue weighted by molar-refractivity contribution is 6.05. The van der Waals surface area contributed by atoms with E-state index in [4.69, 9.17) is 0 Å². The second kappa shape index (κ2) is 9.46. The lowest BCUT2D eigenvalue weighted by Gasteiger charge is -2.09. The van der Waals surface area contributed by atoms with E-state index >= 15 is 0 Å². The number of amides is 2. The van der Waals surface area contributed by atoms with Crippen LogP contribution >= 0.6 is 0 Å². The van der Waals surface area contributed by atoms with Gasteiger partial charge in [-0.15, -0.1) is 0 Å². The van der Waals surface area contributed by atoms with Gasteiger partial charge in [0.2, 0.25) is 0 Å². The van der Waals surface area contributed by atoms with Crippen LogP contribution in [0.5, 0.6) is 5.75 Å². The van der Waals surface area contributed by atoms with Crippen LogP contribution < -0.4 is 10.6 Å². The van der Waals surface area contributed by atoms with Crippen LogP contribution in [0.4, 0.5) is 10.5 Å². The number of phenolic OH excluding ortho intramolecular Hbond substituents is 1. The predicted octanol–water partition coefficient (Wildman–Crippen LogP) is 5.45. The van der Waals surface area contributed by atoms with Crippen LogP contribution in [0.25, 0.3) is 11.3 Å². The Hall–Kier alpha value is -4.39. The van der Waals surface area contributed by atoms with Gasteiger partial charge in [0.1, 0.15) is 5.75 Å². The number of aromatic hydroxyl groups is 1. The first kappa shape index (κ1) is 22.4. The van der Waals surface area contributed by atoms with Gasteiger partial charge in [-0.2, -0.15) is 9.78 Å². The molecular formula is C28H26N4O3. The molecule has 5 rings (SSSR count). The number of aromatic nitrogens is 2. The minimum atomic E-state index is -0.302. The van der Waals surface area contributed by atoms with Gasteiger partial charge in [-0.05, 0) is 55.2 Å². The molecule has 4 aromatic rings. The highest BCUT2D eigenvalue weighted by Crippen LogP contribution is 2.42. The van der Waals surface area contributed by atoms with E-state index in [0.717, 1.165) is 29.7 Å². The van der Waals surface area contributed by atoms with E-state index < -0.39 is 0 Å². The minimum Gasteiger partial charge on any atom is -0.507 e. The Morgan fingerprint density at radius 2 is 1.74 bits per heavy atom. The number of nitrogens with one attached hydrogen (secondary N) is 2. The van der Waals surface area contributed by atoms with Gasteiger partial charge in [0.15, 0.2) is 0 Å². The number of aryl methyl sites for hydroxylation is 1. The Labute approximate surface area is 203 Å². The number of phenols is 1. The molecule has 0 atom stereocenters. The van der Waals surface area contributed by atoms with Crippen molar-refractivity contribution < 1.29 is 14.7 Å². The van der Waals surface area contributed by atoms with Crippen LogP contribution in [-0.2, 0) is 6.54 Å². The Kier molecular flexibility index (Phi) is 6.06. The predicted molar refractivity (Wildman–Crippen MR) is 135 cm³/mol. The molecule has 3 N–H and O–H groups in total. The fourth-order valence-corrected chi connectivity index (χ4v) is 4.06. The average Bonchev–Trinajstić information content (AvgIpc) is 3.62. The van der Waals surface area contributed by atoms with Gasteiger partial charge in [0.05, 0.1) is 11.4 Å². The van der Waals surface area contributed by atoms with E-state index in [1.165, 1.54) is 10.7 Å². The van der Waals surface area contributed by atoms with Crippen molar-refractivity contribution in [3.05, 3.63) is 101 Å². The second-order valence-corrected chi connectivity index (χ2v) is 8.79. The van der Waals surface area contributed by atoms with Gasteiger partial charge >= 0.3 is 6.03 Å². The first-order chi connectivity index (χ1) is 17.0. The molecule has 7 nitrogen and oxygen atoms in total. The summed E-state index contributed by atoms with van der Waals surface area (Å²) in [6.07, 6.45) is 2.01. The minimum absolute atomic E-state index is 0.0238. The molecule has 1 heterocycles. The summed E-state index contributed by atoms with van der Waals surface area (Å²) in [6, 6.07) is 23.5. The number of nitrogens with zero attached hydrogens (tertiary/aromatic N) is 2. The first-order valence-corrected chi connectivity index (χ1v) is 11.6. The standard InChI is InChI=1S/C28H26N4O3/c1-18-7-5-6-10-22(18)27(34)30-21-13-14-23(26(33)15-21)24-16-25(20-11-12-20)32(31-24)28(35)29-17-19-8-3-2-4-9-19/h2-10,13-16,20,33H,11-12,17H2,1H3,(H,29,35)(H,30,34). The highest BCUT2D eigenvalue weighted by atomic mass is 16.3. The summed E-state index contributed by atoms with van der Waals surface area (Å²) in [7, 11) is 0. The van der Waals surface area contributed by atoms with Crippen molar-refractivity contribution in [3.8, 4) is 17.0 Å². The first-order valence-electron chi connectivity index (χ1n) is 11.6. The van der Waals surface area contributed by atoms with Crippen molar-refractivity contribution in [2.45, 2.75) is 32.2 Å². The molecule has 1 aromatic heterocycles. The maximum absolute atomic E-state index is 12.9. The maximum Gasteiger partial charge on any atom is 0.342 e. The third kappa shape index (κ3) is 4.94. The number of hydrogen-bond donors (Lipinski definition) is 3. The van der Waals surface area contributed by atoms with Crippen molar-refractivity contribution in [3.63, 3.8) is 0 Å². The van der Waals surface area contributed by atoms with E-state index in [-0.39, 0.29) is 23.6 Å². The van der Waals surface area contributed by atoms with Gasteiger partial charge in [-0.3, -0.25) is 4.79 Å². The van der Waals surface area contributed by atoms with E-state index in [1.807, 2.05) is 61.5 Å². The molecule has 0 saturated heterocycles.